The highest BCUT2D eigenvalue weighted by molar-refractivity contribution is 5.87. The van der Waals surface area contributed by atoms with Crippen molar-refractivity contribution < 1.29 is 24.2 Å². The fraction of sp³-hybridized carbons (Fsp3) is 0.429. The van der Waals surface area contributed by atoms with E-state index in [0.717, 1.165) is 0 Å². The molecule has 0 saturated carbocycles. The third-order valence-corrected chi connectivity index (χ3v) is 1.03. The number of hydrogen-bond acceptors (Lipinski definition) is 4. The molecule has 0 aromatic rings. The maximum absolute atomic E-state index is 9.83. The number of carboxylic acids is 1. The second kappa shape index (κ2) is 5.87. The topological polar surface area (TPSA) is 98.9 Å². The molecule has 0 fully saturated rings. The van der Waals surface area contributed by atoms with Gasteiger partial charge >= 0.3 is 12.1 Å². The van der Waals surface area contributed by atoms with Crippen LogP contribution in [0.1, 0.15) is 6.92 Å². The molecule has 1 amide bonds. The van der Waals surface area contributed by atoms with Gasteiger partial charge in [-0.3, -0.25) is 0 Å². The summed E-state index contributed by atoms with van der Waals surface area (Å²) in [6, 6.07) is 0. The van der Waals surface area contributed by atoms with Gasteiger partial charge in [-0.05, 0) is 6.92 Å². The van der Waals surface area contributed by atoms with E-state index in [1.54, 1.807) is 6.92 Å². The van der Waals surface area contributed by atoms with E-state index in [1.165, 1.54) is 6.26 Å². The largest absolute Gasteiger partial charge is 0.495 e. The lowest BCUT2D eigenvalue weighted by molar-refractivity contribution is -0.134. The zero-order valence-electron chi connectivity index (χ0n) is 7.15. The molecule has 13 heavy (non-hydrogen) atoms. The number of carbonyl (C=O) groups excluding carboxylic acids is 1. The quantitative estimate of drug-likeness (QED) is 0.641. The molecule has 0 radical (unpaired) electrons. The van der Waals surface area contributed by atoms with E-state index < -0.39 is 12.1 Å². The average molecular weight is 189 g/mol. The van der Waals surface area contributed by atoms with Gasteiger partial charge in [-0.1, -0.05) is 0 Å². The monoisotopic (exact) mass is 189 g/mol. The Morgan fingerprint density at radius 3 is 2.31 bits per heavy atom. The van der Waals surface area contributed by atoms with Crippen molar-refractivity contribution in [2.45, 2.75) is 6.92 Å². The van der Waals surface area contributed by atoms with Gasteiger partial charge in [0.15, 0.2) is 0 Å². The second-order valence-electron chi connectivity index (χ2n) is 2.01. The maximum atomic E-state index is 9.83. The molecule has 74 valence electrons. The van der Waals surface area contributed by atoms with E-state index in [1.807, 2.05) is 0 Å². The van der Waals surface area contributed by atoms with Crippen molar-refractivity contribution in [1.82, 2.24) is 0 Å². The molecule has 6 heteroatoms. The van der Waals surface area contributed by atoms with Crippen LogP contribution >= 0.6 is 0 Å². The Balaban J connectivity index is 0.000000226. The maximum Gasteiger partial charge on any atom is 0.404 e. The summed E-state index contributed by atoms with van der Waals surface area (Å²) in [6.07, 6.45) is 0.528. The Labute approximate surface area is 74.9 Å². The van der Waals surface area contributed by atoms with Gasteiger partial charge in [0.2, 0.25) is 0 Å². The van der Waals surface area contributed by atoms with Crippen LogP contribution < -0.4 is 5.73 Å². The summed E-state index contributed by atoms with van der Waals surface area (Å²) in [6.45, 7) is 2.31. The first-order chi connectivity index (χ1) is 6.07. The highest BCUT2D eigenvalue weighted by Gasteiger charge is 2.13. The van der Waals surface area contributed by atoms with Crippen LogP contribution in [-0.4, -0.2) is 30.4 Å². The minimum Gasteiger partial charge on any atom is -0.495 e. The summed E-state index contributed by atoms with van der Waals surface area (Å²) in [5.41, 5.74) is 4.89. The predicted octanol–water partition coefficient (Wildman–Crippen LogP) is 0.0867. The molecule has 1 heterocycles. The molecular formula is C7H11NO5. The molecule has 6 nitrogen and oxygen atoms in total. The Bertz CT molecular complexity index is 223. The molecular weight excluding hydrogens is 178 g/mol. The molecule has 0 spiro atoms. The highest BCUT2D eigenvalue weighted by Crippen LogP contribution is 2.05. The Hall–Kier alpha value is -1.72. The molecule has 0 unspecified atom stereocenters. The van der Waals surface area contributed by atoms with Crippen LogP contribution in [0.5, 0.6) is 0 Å². The number of rotatable bonds is 2. The third-order valence-electron chi connectivity index (χ3n) is 1.03. The molecule has 0 bridgehead atoms. The van der Waals surface area contributed by atoms with Gasteiger partial charge in [0.05, 0.1) is 12.9 Å². The number of nitrogens with two attached hydrogens (primary N) is 1. The fourth-order valence-electron chi connectivity index (χ4n) is 0.421. The molecule has 0 aliphatic carbocycles. The summed E-state index contributed by atoms with van der Waals surface area (Å²) in [5, 5.41) is 8.08. The molecule has 0 atom stereocenters. The predicted molar refractivity (Wildman–Crippen MR) is 42.9 cm³/mol. The van der Waals surface area contributed by atoms with Gasteiger partial charge in [0, 0.05) is 0 Å². The highest BCUT2D eigenvalue weighted by atomic mass is 16.5. The first-order valence-electron chi connectivity index (χ1n) is 3.54. The Kier molecular flexibility index (Phi) is 5.09. The Morgan fingerprint density at radius 1 is 1.77 bits per heavy atom. The number of ether oxygens (including phenoxy) is 2. The van der Waals surface area contributed by atoms with Gasteiger partial charge in [-0.25, -0.2) is 9.59 Å². The van der Waals surface area contributed by atoms with Gasteiger partial charge < -0.3 is 20.3 Å². The second-order valence-corrected chi connectivity index (χ2v) is 2.01. The summed E-state index contributed by atoms with van der Waals surface area (Å²) in [7, 11) is 0. The van der Waals surface area contributed by atoms with Crippen LogP contribution in [0, 0.1) is 0 Å². The number of amides is 1. The fourth-order valence-corrected chi connectivity index (χ4v) is 0.421. The van der Waals surface area contributed by atoms with Crippen LogP contribution in [0.15, 0.2) is 11.8 Å². The van der Waals surface area contributed by atoms with Crippen LogP contribution in [0.2, 0.25) is 0 Å². The third kappa shape index (κ3) is 5.54. The van der Waals surface area contributed by atoms with Crippen molar-refractivity contribution in [3.8, 4) is 0 Å². The number of aliphatic carboxylic acids is 1. The molecule has 0 aromatic carbocycles. The van der Waals surface area contributed by atoms with E-state index in [0.29, 0.717) is 12.2 Å². The molecule has 0 saturated heterocycles. The van der Waals surface area contributed by atoms with Crippen molar-refractivity contribution in [3.05, 3.63) is 11.8 Å². The zero-order valence-corrected chi connectivity index (χ0v) is 7.15. The lowest BCUT2D eigenvalue weighted by Gasteiger charge is -2.09. The van der Waals surface area contributed by atoms with Gasteiger partial charge in [0.25, 0.3) is 0 Å². The van der Waals surface area contributed by atoms with Gasteiger partial charge in [-0.2, -0.15) is 0 Å². The van der Waals surface area contributed by atoms with Crippen molar-refractivity contribution in [2.75, 3.05) is 13.2 Å². The summed E-state index contributed by atoms with van der Waals surface area (Å²) in [4.78, 5) is 19.4. The number of carboxylic acid groups (broad SMARTS) is 1. The minimum absolute atomic E-state index is 0.259. The molecule has 1 aliphatic heterocycles. The standard InChI is InChI=1S/C4H4O3.C3H7NO2/c5-4(6)3-1-7-2-3;1-2-6-3(4)5/h1H,2H2,(H,5,6);2H2,1H3,(H2,4,5). The number of carbonyl (C=O) groups is 2. The van der Waals surface area contributed by atoms with Crippen molar-refractivity contribution in [2.24, 2.45) is 5.73 Å². The average Bonchev–Trinajstić information content (AvgIpc) is 1.81. The minimum atomic E-state index is -0.883. The van der Waals surface area contributed by atoms with Crippen LogP contribution in [0.25, 0.3) is 0 Å². The van der Waals surface area contributed by atoms with Gasteiger partial charge in [-0.15, -0.1) is 0 Å². The van der Waals surface area contributed by atoms with E-state index in [9.17, 15) is 9.59 Å². The van der Waals surface area contributed by atoms with Crippen LogP contribution in [0.3, 0.4) is 0 Å². The lowest BCUT2D eigenvalue weighted by atomic mass is 10.3. The lowest BCUT2D eigenvalue weighted by Crippen LogP contribution is -2.13. The molecule has 0 aromatic heterocycles. The van der Waals surface area contributed by atoms with E-state index in [-0.39, 0.29) is 6.61 Å². The van der Waals surface area contributed by atoms with Crippen molar-refractivity contribution in [3.63, 3.8) is 0 Å². The first kappa shape index (κ1) is 11.3. The molecule has 3 N–H and O–H groups in total. The van der Waals surface area contributed by atoms with Crippen molar-refractivity contribution >= 4 is 12.1 Å². The Morgan fingerprint density at radius 2 is 2.31 bits per heavy atom. The smallest absolute Gasteiger partial charge is 0.404 e. The SMILES string of the molecule is CCOC(N)=O.O=C(O)C1=COC1. The number of primary amides is 1. The molecule has 1 aliphatic rings. The van der Waals surface area contributed by atoms with Crippen LogP contribution in [0.4, 0.5) is 4.79 Å². The first-order valence-corrected chi connectivity index (χ1v) is 3.54. The molecule has 1 rings (SSSR count). The van der Waals surface area contributed by atoms with E-state index >= 15 is 0 Å². The summed E-state index contributed by atoms with van der Waals surface area (Å²) in [5.74, 6) is -0.883. The van der Waals surface area contributed by atoms with Crippen LogP contribution in [-0.2, 0) is 14.3 Å². The normalized spacial score (nSPS) is 12.2. The van der Waals surface area contributed by atoms with Crippen molar-refractivity contribution in [1.29, 1.82) is 0 Å². The van der Waals surface area contributed by atoms with Gasteiger partial charge in [0.1, 0.15) is 12.2 Å². The number of hydrogen-bond donors (Lipinski definition) is 2. The summed E-state index contributed by atoms with van der Waals surface area (Å²) < 4.78 is 8.63. The van der Waals surface area contributed by atoms with E-state index in [2.05, 4.69) is 15.2 Å². The summed E-state index contributed by atoms with van der Waals surface area (Å²) >= 11 is 0. The zero-order chi connectivity index (χ0) is 10.3. The van der Waals surface area contributed by atoms with E-state index in [4.69, 9.17) is 5.11 Å².